The molecular weight excluding hydrogens is 563 g/mol. The fourth-order valence-electron chi connectivity index (χ4n) is 6.23. The third kappa shape index (κ3) is 7.54. The zero-order valence-electron chi connectivity index (χ0n) is 24.4. The van der Waals surface area contributed by atoms with Crippen LogP contribution in [0.2, 0.25) is 5.02 Å². The first-order valence-corrected chi connectivity index (χ1v) is 16.2. The van der Waals surface area contributed by atoms with Crippen LogP contribution in [0.3, 0.4) is 0 Å². The molecule has 0 N–H and O–H groups in total. The third-order valence-corrected chi connectivity index (χ3v) is 9.80. The number of nitrogens with zero attached hydrogens (tertiary/aromatic N) is 3. The predicted molar refractivity (Wildman–Crippen MR) is 170 cm³/mol. The first-order chi connectivity index (χ1) is 19.6. The maximum Gasteiger partial charge on any atom is 0.416 e. The van der Waals surface area contributed by atoms with Crippen LogP contribution in [-0.2, 0) is 18.0 Å². The van der Waals surface area contributed by atoms with Crippen molar-refractivity contribution < 1.29 is 13.2 Å². The molecule has 224 valence electrons. The highest BCUT2D eigenvalue weighted by molar-refractivity contribution is 7.99. The van der Waals surface area contributed by atoms with Crippen molar-refractivity contribution >= 4 is 35.1 Å². The molecule has 2 saturated heterocycles. The number of hydrogen-bond acceptors (Lipinski definition) is 4. The Labute approximate surface area is 253 Å². The number of benzene rings is 2. The third-order valence-electron chi connectivity index (χ3n) is 8.62. The Hall–Kier alpha value is -1.93. The monoisotopic (exact) mass is 605 g/mol. The van der Waals surface area contributed by atoms with Crippen LogP contribution in [-0.4, -0.2) is 67.6 Å². The molecule has 3 aliphatic rings. The fourth-order valence-corrected chi connectivity index (χ4v) is 7.48. The number of halogens is 4. The molecule has 0 aromatic heterocycles. The Morgan fingerprint density at radius 3 is 2.32 bits per heavy atom. The molecule has 0 aliphatic carbocycles. The van der Waals surface area contributed by atoms with Gasteiger partial charge < -0.3 is 14.7 Å². The van der Waals surface area contributed by atoms with Crippen molar-refractivity contribution in [3.05, 3.63) is 82.5 Å². The van der Waals surface area contributed by atoms with Gasteiger partial charge in [-0.25, -0.2) is 0 Å². The van der Waals surface area contributed by atoms with Gasteiger partial charge in [-0.05, 0) is 99.7 Å². The number of anilines is 1. The van der Waals surface area contributed by atoms with Gasteiger partial charge in [-0.3, -0.25) is 0 Å². The zero-order valence-corrected chi connectivity index (χ0v) is 26.0. The second-order valence-electron chi connectivity index (χ2n) is 11.3. The molecule has 0 atom stereocenters. The van der Waals surface area contributed by atoms with E-state index in [4.69, 9.17) is 11.6 Å². The quantitative estimate of drug-likeness (QED) is 0.313. The van der Waals surface area contributed by atoms with E-state index in [1.165, 1.54) is 59.8 Å². The number of fused-ring (bicyclic) bond motifs is 2. The van der Waals surface area contributed by atoms with Crippen molar-refractivity contribution in [1.29, 1.82) is 0 Å². The molecule has 5 rings (SSSR count). The zero-order chi connectivity index (χ0) is 29.6. The first kappa shape index (κ1) is 32.0. The van der Waals surface area contributed by atoms with Gasteiger partial charge in [0.05, 0.1) is 5.56 Å². The molecule has 1 spiro atoms. The Balaban J connectivity index is 0.000000483. The smallest absolute Gasteiger partial charge is 0.345 e. The standard InChI is InChI=1S/C28H32ClF3N2.C5H11NS/c1-4-14-34-20(3)27(25-19-23(29)10-11-26(25)34)12-16-33(17-13-27)15-6-7-21-8-9-22(5-2)24(18-21)28(30,31)32;1-6-2-4-7-5-3-6/h5,8-11,18-19H,2-4,6-7,12-17H2,1H3;2-5H2,1H3. The van der Waals surface area contributed by atoms with Gasteiger partial charge in [-0.1, -0.05) is 49.9 Å². The van der Waals surface area contributed by atoms with Crippen molar-refractivity contribution in [2.45, 2.75) is 50.6 Å². The van der Waals surface area contributed by atoms with Crippen LogP contribution in [0.25, 0.3) is 6.08 Å². The molecule has 3 aliphatic heterocycles. The van der Waals surface area contributed by atoms with Crippen LogP contribution >= 0.6 is 23.4 Å². The van der Waals surface area contributed by atoms with Gasteiger partial charge in [0.2, 0.25) is 0 Å². The summed E-state index contributed by atoms with van der Waals surface area (Å²) in [5, 5.41) is 0.757. The second kappa shape index (κ2) is 14.0. The van der Waals surface area contributed by atoms with Crippen molar-refractivity contribution in [1.82, 2.24) is 9.80 Å². The van der Waals surface area contributed by atoms with Crippen LogP contribution in [0, 0.1) is 0 Å². The van der Waals surface area contributed by atoms with E-state index >= 15 is 0 Å². The number of thioether (sulfide) groups is 1. The van der Waals surface area contributed by atoms with E-state index in [1.807, 2.05) is 6.07 Å². The molecule has 0 amide bonds. The van der Waals surface area contributed by atoms with Crippen LogP contribution in [0.4, 0.5) is 18.9 Å². The first-order valence-electron chi connectivity index (χ1n) is 14.7. The Bertz CT molecular complexity index is 1200. The highest BCUT2D eigenvalue weighted by Gasteiger charge is 2.47. The van der Waals surface area contributed by atoms with E-state index in [1.54, 1.807) is 6.07 Å². The summed E-state index contributed by atoms with van der Waals surface area (Å²) in [6.07, 6.45) is 1.35. The van der Waals surface area contributed by atoms with E-state index in [-0.39, 0.29) is 11.0 Å². The summed E-state index contributed by atoms with van der Waals surface area (Å²) >= 11 is 8.43. The lowest BCUT2D eigenvalue weighted by molar-refractivity contribution is -0.137. The minimum absolute atomic E-state index is 0.0754. The van der Waals surface area contributed by atoms with Gasteiger partial charge in [0, 0.05) is 53.0 Å². The minimum atomic E-state index is -4.37. The lowest BCUT2D eigenvalue weighted by Gasteiger charge is -2.41. The summed E-state index contributed by atoms with van der Waals surface area (Å²) < 4.78 is 40.0. The van der Waals surface area contributed by atoms with E-state index in [2.05, 4.69) is 65.7 Å². The lowest BCUT2D eigenvalue weighted by Crippen LogP contribution is -2.44. The molecule has 0 radical (unpaired) electrons. The van der Waals surface area contributed by atoms with Gasteiger partial charge in [0.15, 0.2) is 0 Å². The molecule has 8 heteroatoms. The Kier molecular flexibility index (Phi) is 10.9. The summed E-state index contributed by atoms with van der Waals surface area (Å²) in [4.78, 5) is 7.15. The molecule has 2 aromatic rings. The normalized spacial score (nSPS) is 19.2. The number of piperidine rings is 1. The number of alkyl halides is 3. The van der Waals surface area contributed by atoms with Crippen LogP contribution in [0.1, 0.15) is 54.9 Å². The highest BCUT2D eigenvalue weighted by atomic mass is 35.5. The number of aryl methyl sites for hydroxylation is 1. The van der Waals surface area contributed by atoms with Crippen molar-refractivity contribution in [3.8, 4) is 0 Å². The average molecular weight is 606 g/mol. The molecule has 2 aromatic carbocycles. The Morgan fingerprint density at radius 1 is 1.02 bits per heavy atom. The predicted octanol–water partition coefficient (Wildman–Crippen LogP) is 8.38. The SMILES string of the molecule is C=Cc1ccc(CCCN2CCC3(CC2)C(=C)N(CCC)c2ccc(Cl)cc23)cc1C(F)(F)F.CN1CCSCC1. The molecule has 0 unspecified atom stereocenters. The number of hydrogen-bond donors (Lipinski definition) is 0. The van der Waals surface area contributed by atoms with E-state index in [9.17, 15) is 13.2 Å². The highest BCUT2D eigenvalue weighted by Crippen LogP contribution is 2.53. The molecule has 41 heavy (non-hydrogen) atoms. The molecule has 0 saturated carbocycles. The van der Waals surface area contributed by atoms with Gasteiger partial charge in [-0.2, -0.15) is 24.9 Å². The number of allylic oxidation sites excluding steroid dienone is 1. The summed E-state index contributed by atoms with van der Waals surface area (Å²) in [6, 6.07) is 10.8. The maximum atomic E-state index is 13.3. The van der Waals surface area contributed by atoms with Crippen molar-refractivity contribution in [2.75, 3.05) is 62.7 Å². The lowest BCUT2D eigenvalue weighted by atomic mass is 9.72. The topological polar surface area (TPSA) is 9.72 Å². The van der Waals surface area contributed by atoms with Gasteiger partial charge >= 0.3 is 6.18 Å². The molecule has 3 heterocycles. The van der Waals surface area contributed by atoms with Crippen LogP contribution < -0.4 is 4.90 Å². The summed E-state index contributed by atoms with van der Waals surface area (Å²) in [5.74, 6) is 2.66. The van der Waals surface area contributed by atoms with Gasteiger partial charge in [0.25, 0.3) is 0 Å². The van der Waals surface area contributed by atoms with Gasteiger partial charge in [0.1, 0.15) is 0 Å². The summed E-state index contributed by atoms with van der Waals surface area (Å²) in [5.41, 5.74) is 3.87. The summed E-state index contributed by atoms with van der Waals surface area (Å²) in [6.45, 7) is 16.5. The van der Waals surface area contributed by atoms with Gasteiger partial charge in [-0.15, -0.1) is 0 Å². The van der Waals surface area contributed by atoms with E-state index in [0.717, 1.165) is 56.9 Å². The molecular formula is C33H43ClF3N3S. The number of likely N-dealkylation sites (tertiary alicyclic amines) is 1. The minimum Gasteiger partial charge on any atom is -0.345 e. The largest absolute Gasteiger partial charge is 0.416 e. The van der Waals surface area contributed by atoms with Crippen molar-refractivity contribution in [2.24, 2.45) is 0 Å². The van der Waals surface area contributed by atoms with Crippen LogP contribution in [0.5, 0.6) is 0 Å². The average Bonchev–Trinajstić information content (AvgIpc) is 3.16. The molecule has 0 bridgehead atoms. The van der Waals surface area contributed by atoms with Crippen LogP contribution in [0.15, 0.2) is 55.3 Å². The van der Waals surface area contributed by atoms with E-state index in [0.29, 0.717) is 12.0 Å². The number of rotatable bonds is 7. The Morgan fingerprint density at radius 2 is 1.73 bits per heavy atom. The second-order valence-corrected chi connectivity index (χ2v) is 13.0. The summed E-state index contributed by atoms with van der Waals surface area (Å²) in [7, 11) is 2.18. The van der Waals surface area contributed by atoms with Crippen molar-refractivity contribution in [3.63, 3.8) is 0 Å². The molecule has 3 nitrogen and oxygen atoms in total. The maximum absolute atomic E-state index is 13.3. The molecule has 2 fully saturated rings. The fraction of sp³-hybridized carbons (Fsp3) is 0.515. The van der Waals surface area contributed by atoms with E-state index < -0.39 is 11.7 Å².